The largest absolute Gasteiger partial charge is 0.508 e. The van der Waals surface area contributed by atoms with E-state index in [1.165, 1.54) is 18.2 Å². The summed E-state index contributed by atoms with van der Waals surface area (Å²) in [5.41, 5.74) is 1.02. The van der Waals surface area contributed by atoms with E-state index >= 15 is 0 Å². The molecule has 0 unspecified atom stereocenters. The monoisotopic (exact) mass is 296 g/mol. The summed E-state index contributed by atoms with van der Waals surface area (Å²) in [5, 5.41) is 10.1. The highest BCUT2D eigenvalue weighted by molar-refractivity contribution is 5.81. The summed E-state index contributed by atoms with van der Waals surface area (Å²) in [6.45, 7) is 0.174. The molecule has 0 bridgehead atoms. The van der Waals surface area contributed by atoms with E-state index in [0.717, 1.165) is 6.29 Å². The van der Waals surface area contributed by atoms with E-state index in [-0.39, 0.29) is 12.4 Å². The molecule has 0 spiro atoms. The summed E-state index contributed by atoms with van der Waals surface area (Å²) in [6.07, 6.45) is 0.756. The average molecular weight is 296 g/mol. The lowest BCUT2D eigenvalue weighted by Gasteiger charge is -2.08. The van der Waals surface area contributed by atoms with Gasteiger partial charge in [-0.3, -0.25) is 4.79 Å². The lowest BCUT2D eigenvalue weighted by Crippen LogP contribution is -2.04. The fraction of sp³-hybridized carbons (Fsp3) is 0.0588. The molecular formula is C17H12O5. The number of aromatic hydroxyl groups is 1. The quantitative estimate of drug-likeness (QED) is 0.591. The second-order valence-electron chi connectivity index (χ2n) is 4.75. The summed E-state index contributed by atoms with van der Waals surface area (Å²) in [5.74, 6) is 0.615. The standard InChI is InChI=1S/C17H12O5/c18-9-11-1-4-14(5-2-11)21-10-12-7-17(20)22-16-8-13(19)3-6-15(12)16/h1-9,19H,10H2. The molecule has 3 rings (SSSR count). The molecule has 3 aromatic rings. The van der Waals surface area contributed by atoms with E-state index < -0.39 is 5.63 Å². The number of benzene rings is 2. The van der Waals surface area contributed by atoms with Gasteiger partial charge in [0.05, 0.1) is 0 Å². The Morgan fingerprint density at radius 3 is 2.59 bits per heavy atom. The van der Waals surface area contributed by atoms with E-state index in [9.17, 15) is 14.7 Å². The van der Waals surface area contributed by atoms with Crippen LogP contribution in [0.3, 0.4) is 0 Å². The summed E-state index contributed by atoms with van der Waals surface area (Å²) in [4.78, 5) is 22.2. The van der Waals surface area contributed by atoms with E-state index in [1.54, 1.807) is 30.3 Å². The van der Waals surface area contributed by atoms with Gasteiger partial charge in [0, 0.05) is 28.6 Å². The van der Waals surface area contributed by atoms with Crippen molar-refractivity contribution in [2.45, 2.75) is 6.61 Å². The zero-order valence-corrected chi connectivity index (χ0v) is 11.5. The number of carbonyl (C=O) groups is 1. The molecule has 1 N–H and O–H groups in total. The third-order valence-electron chi connectivity index (χ3n) is 3.22. The third-order valence-corrected chi connectivity index (χ3v) is 3.22. The molecule has 0 saturated carbocycles. The van der Waals surface area contributed by atoms with E-state index in [4.69, 9.17) is 9.15 Å². The molecule has 0 aliphatic carbocycles. The molecule has 110 valence electrons. The van der Waals surface area contributed by atoms with Gasteiger partial charge in [-0.1, -0.05) is 0 Å². The number of carbonyl (C=O) groups excluding carboxylic acids is 1. The minimum absolute atomic E-state index is 0.0261. The summed E-state index contributed by atoms with van der Waals surface area (Å²) < 4.78 is 10.7. The highest BCUT2D eigenvalue weighted by Crippen LogP contribution is 2.23. The number of hydrogen-bond acceptors (Lipinski definition) is 5. The highest BCUT2D eigenvalue weighted by atomic mass is 16.5. The summed E-state index contributed by atoms with van der Waals surface area (Å²) in [6, 6.07) is 12.6. The topological polar surface area (TPSA) is 76.7 Å². The first kappa shape index (κ1) is 13.9. The van der Waals surface area contributed by atoms with E-state index in [2.05, 4.69) is 0 Å². The zero-order chi connectivity index (χ0) is 15.5. The fourth-order valence-corrected chi connectivity index (χ4v) is 2.14. The molecule has 0 aliphatic heterocycles. The van der Waals surface area contributed by atoms with Crippen LogP contribution in [0.1, 0.15) is 15.9 Å². The number of rotatable bonds is 4. The second kappa shape index (κ2) is 5.73. The first-order chi connectivity index (χ1) is 10.7. The number of hydrogen-bond donors (Lipinski definition) is 1. The average Bonchev–Trinajstić information content (AvgIpc) is 2.52. The van der Waals surface area contributed by atoms with Crippen LogP contribution in [0.5, 0.6) is 11.5 Å². The lowest BCUT2D eigenvalue weighted by molar-refractivity contribution is 0.112. The number of phenolic OH excluding ortho intramolecular Hbond substituents is 1. The maximum atomic E-state index is 11.6. The molecular weight excluding hydrogens is 284 g/mol. The molecule has 22 heavy (non-hydrogen) atoms. The predicted molar refractivity (Wildman–Crippen MR) is 80.3 cm³/mol. The maximum Gasteiger partial charge on any atom is 0.336 e. The number of ether oxygens (including phenoxy) is 1. The smallest absolute Gasteiger partial charge is 0.336 e. The molecule has 5 heteroatoms. The van der Waals surface area contributed by atoms with Crippen molar-refractivity contribution in [1.29, 1.82) is 0 Å². The van der Waals surface area contributed by atoms with Gasteiger partial charge in [0.1, 0.15) is 30.0 Å². The molecule has 0 radical (unpaired) electrons. The molecule has 2 aromatic carbocycles. The zero-order valence-electron chi connectivity index (χ0n) is 11.5. The minimum atomic E-state index is -0.506. The second-order valence-corrected chi connectivity index (χ2v) is 4.75. The van der Waals surface area contributed by atoms with E-state index in [1.807, 2.05) is 0 Å². The van der Waals surface area contributed by atoms with Crippen molar-refractivity contribution >= 4 is 17.3 Å². The lowest BCUT2D eigenvalue weighted by atomic mass is 10.1. The highest BCUT2D eigenvalue weighted by Gasteiger charge is 2.07. The van der Waals surface area contributed by atoms with Crippen molar-refractivity contribution in [1.82, 2.24) is 0 Å². The van der Waals surface area contributed by atoms with Crippen LogP contribution < -0.4 is 10.4 Å². The van der Waals surface area contributed by atoms with Gasteiger partial charge in [-0.25, -0.2) is 4.79 Å². The number of aldehydes is 1. The van der Waals surface area contributed by atoms with Crippen LogP contribution in [0.2, 0.25) is 0 Å². The SMILES string of the molecule is O=Cc1ccc(OCc2cc(=O)oc3cc(O)ccc23)cc1. The first-order valence-electron chi connectivity index (χ1n) is 6.59. The Morgan fingerprint density at radius 1 is 1.09 bits per heavy atom. The minimum Gasteiger partial charge on any atom is -0.508 e. The van der Waals surface area contributed by atoms with Gasteiger partial charge < -0.3 is 14.3 Å². The molecule has 0 atom stereocenters. The van der Waals surface area contributed by atoms with Gasteiger partial charge in [0.25, 0.3) is 0 Å². The van der Waals surface area contributed by atoms with Gasteiger partial charge in [-0.2, -0.15) is 0 Å². The summed E-state index contributed by atoms with van der Waals surface area (Å²) >= 11 is 0. The number of fused-ring (bicyclic) bond motifs is 1. The van der Waals surface area contributed by atoms with Gasteiger partial charge in [-0.15, -0.1) is 0 Å². The Labute approximate surface area is 125 Å². The van der Waals surface area contributed by atoms with Crippen LogP contribution in [-0.2, 0) is 6.61 Å². The van der Waals surface area contributed by atoms with Crippen molar-refractivity contribution in [3.8, 4) is 11.5 Å². The number of phenols is 1. The Balaban J connectivity index is 1.89. The maximum absolute atomic E-state index is 11.6. The van der Waals surface area contributed by atoms with Crippen molar-refractivity contribution in [3.05, 3.63) is 70.1 Å². The van der Waals surface area contributed by atoms with Gasteiger partial charge >= 0.3 is 5.63 Å². The molecule has 1 heterocycles. The molecule has 0 aliphatic rings. The van der Waals surface area contributed by atoms with Gasteiger partial charge in [-0.05, 0) is 36.4 Å². The molecule has 5 nitrogen and oxygen atoms in total. The Kier molecular flexibility index (Phi) is 3.62. The van der Waals surface area contributed by atoms with Gasteiger partial charge in [0.2, 0.25) is 0 Å². The first-order valence-corrected chi connectivity index (χ1v) is 6.59. The van der Waals surface area contributed by atoms with Crippen molar-refractivity contribution in [3.63, 3.8) is 0 Å². The molecule has 0 amide bonds. The molecule has 0 fully saturated rings. The van der Waals surface area contributed by atoms with Crippen LogP contribution in [-0.4, -0.2) is 11.4 Å². The fourth-order valence-electron chi connectivity index (χ4n) is 2.14. The van der Waals surface area contributed by atoms with Crippen LogP contribution >= 0.6 is 0 Å². The Hall–Kier alpha value is -3.08. The third kappa shape index (κ3) is 2.83. The van der Waals surface area contributed by atoms with Crippen LogP contribution in [0.25, 0.3) is 11.0 Å². The van der Waals surface area contributed by atoms with Crippen molar-refractivity contribution in [2.24, 2.45) is 0 Å². The van der Waals surface area contributed by atoms with Crippen molar-refractivity contribution < 1.29 is 19.1 Å². The van der Waals surface area contributed by atoms with Crippen LogP contribution in [0, 0.1) is 0 Å². The van der Waals surface area contributed by atoms with Crippen molar-refractivity contribution in [2.75, 3.05) is 0 Å². The van der Waals surface area contributed by atoms with Crippen LogP contribution in [0.4, 0.5) is 0 Å². The molecule has 0 saturated heterocycles. The normalized spacial score (nSPS) is 10.5. The van der Waals surface area contributed by atoms with Gasteiger partial charge in [0.15, 0.2) is 0 Å². The summed E-state index contributed by atoms with van der Waals surface area (Å²) in [7, 11) is 0. The predicted octanol–water partition coefficient (Wildman–Crippen LogP) is 2.89. The Morgan fingerprint density at radius 2 is 1.86 bits per heavy atom. The Bertz CT molecular complexity index is 878. The molecule has 1 aromatic heterocycles. The van der Waals surface area contributed by atoms with Crippen LogP contribution in [0.15, 0.2) is 57.7 Å². The van der Waals surface area contributed by atoms with E-state index in [0.29, 0.717) is 27.8 Å².